The van der Waals surface area contributed by atoms with Crippen LogP contribution in [0.5, 0.6) is 0 Å². The molecule has 0 aromatic heterocycles. The first-order valence-corrected chi connectivity index (χ1v) is 7.58. The van der Waals surface area contributed by atoms with Gasteiger partial charge in [-0.05, 0) is 37.8 Å². The molecule has 0 saturated carbocycles. The Morgan fingerprint density at radius 3 is 2.50 bits per heavy atom. The van der Waals surface area contributed by atoms with Crippen LogP contribution in [0.25, 0.3) is 0 Å². The molecule has 20 heavy (non-hydrogen) atoms. The second kappa shape index (κ2) is 8.95. The number of carbonyl (C=O) groups excluding carboxylic acids is 2. The maximum absolute atomic E-state index is 12.4. The lowest BCUT2D eigenvalue weighted by Crippen LogP contribution is -2.38. The molecule has 0 aromatic carbocycles. The third kappa shape index (κ3) is 6.37. The number of piperidine rings is 1. The van der Waals surface area contributed by atoms with E-state index in [1.807, 2.05) is 4.90 Å². The zero-order valence-corrected chi connectivity index (χ0v) is 13.0. The molecular weight excluding hydrogens is 256 g/mol. The Kier molecular flexibility index (Phi) is 7.59. The van der Waals surface area contributed by atoms with Gasteiger partial charge in [-0.1, -0.05) is 13.8 Å². The number of hydrogen-bond donors (Lipinski definition) is 1. The van der Waals surface area contributed by atoms with E-state index in [9.17, 15) is 9.59 Å². The lowest BCUT2D eigenvalue weighted by Gasteiger charge is -2.28. The number of carbonyl (C=O) groups is 2. The second-order valence-electron chi connectivity index (χ2n) is 5.96. The number of nitrogens with one attached hydrogen (secondary N) is 1. The number of nitrogens with zero attached hydrogens (tertiary/aromatic N) is 1. The van der Waals surface area contributed by atoms with E-state index in [1.165, 1.54) is 7.11 Å². The summed E-state index contributed by atoms with van der Waals surface area (Å²) < 4.78 is 4.65. The molecule has 0 aromatic rings. The van der Waals surface area contributed by atoms with Crippen molar-refractivity contribution >= 4 is 11.9 Å². The summed E-state index contributed by atoms with van der Waals surface area (Å²) in [5.74, 6) is 0.809. The highest BCUT2D eigenvalue weighted by Gasteiger charge is 2.22. The molecule has 0 bridgehead atoms. The van der Waals surface area contributed by atoms with Gasteiger partial charge in [-0.25, -0.2) is 0 Å². The first-order valence-electron chi connectivity index (χ1n) is 7.58. The van der Waals surface area contributed by atoms with Gasteiger partial charge >= 0.3 is 5.97 Å². The van der Waals surface area contributed by atoms with Crippen LogP contribution in [-0.4, -0.2) is 50.1 Å². The molecule has 1 aliphatic rings. The summed E-state index contributed by atoms with van der Waals surface area (Å²) in [6.07, 6.45) is 3.02. The van der Waals surface area contributed by atoms with Gasteiger partial charge in [-0.15, -0.1) is 0 Å². The molecule has 1 fully saturated rings. The van der Waals surface area contributed by atoms with Gasteiger partial charge in [0.15, 0.2) is 0 Å². The minimum absolute atomic E-state index is 0.175. The molecule has 1 rings (SSSR count). The van der Waals surface area contributed by atoms with E-state index in [2.05, 4.69) is 23.9 Å². The van der Waals surface area contributed by atoms with Crippen molar-refractivity contribution in [1.82, 2.24) is 10.2 Å². The summed E-state index contributed by atoms with van der Waals surface area (Å²) in [5, 5.41) is 3.31. The summed E-state index contributed by atoms with van der Waals surface area (Å²) in [4.78, 5) is 25.5. The van der Waals surface area contributed by atoms with Crippen molar-refractivity contribution in [2.24, 2.45) is 11.8 Å². The highest BCUT2D eigenvalue weighted by Crippen LogP contribution is 2.18. The molecule has 0 radical (unpaired) electrons. The minimum atomic E-state index is -0.256. The molecule has 1 amide bonds. The van der Waals surface area contributed by atoms with Gasteiger partial charge < -0.3 is 15.0 Å². The van der Waals surface area contributed by atoms with Crippen LogP contribution in [0.3, 0.4) is 0 Å². The SMILES string of the molecule is COC(=O)CCN(CC(C)C)C(=O)CC1CCNCC1. The predicted octanol–water partition coefficient (Wildman–Crippen LogP) is 1.42. The van der Waals surface area contributed by atoms with E-state index >= 15 is 0 Å². The Hall–Kier alpha value is -1.10. The fourth-order valence-electron chi connectivity index (χ4n) is 2.55. The Bertz CT molecular complexity index is 312. The number of methoxy groups -OCH3 is 1. The maximum Gasteiger partial charge on any atom is 0.307 e. The third-order valence-electron chi connectivity index (χ3n) is 3.67. The fraction of sp³-hybridized carbons (Fsp3) is 0.867. The second-order valence-corrected chi connectivity index (χ2v) is 5.96. The normalized spacial score (nSPS) is 16.2. The summed E-state index contributed by atoms with van der Waals surface area (Å²) in [6, 6.07) is 0. The lowest BCUT2D eigenvalue weighted by molar-refractivity contribution is -0.142. The van der Waals surface area contributed by atoms with Crippen LogP contribution >= 0.6 is 0 Å². The van der Waals surface area contributed by atoms with Crippen LogP contribution < -0.4 is 5.32 Å². The predicted molar refractivity (Wildman–Crippen MR) is 78.3 cm³/mol. The summed E-state index contributed by atoms with van der Waals surface area (Å²) in [7, 11) is 1.38. The summed E-state index contributed by atoms with van der Waals surface area (Å²) in [6.45, 7) is 7.36. The highest BCUT2D eigenvalue weighted by molar-refractivity contribution is 5.77. The van der Waals surface area contributed by atoms with Crippen molar-refractivity contribution in [3.63, 3.8) is 0 Å². The Balaban J connectivity index is 2.47. The van der Waals surface area contributed by atoms with Gasteiger partial charge in [0.1, 0.15) is 0 Å². The van der Waals surface area contributed by atoms with Gasteiger partial charge in [0, 0.05) is 19.5 Å². The van der Waals surface area contributed by atoms with E-state index in [0.717, 1.165) is 25.9 Å². The molecule has 116 valence electrons. The van der Waals surface area contributed by atoms with E-state index in [-0.39, 0.29) is 18.3 Å². The largest absolute Gasteiger partial charge is 0.469 e. The van der Waals surface area contributed by atoms with Crippen molar-refractivity contribution in [2.75, 3.05) is 33.3 Å². The smallest absolute Gasteiger partial charge is 0.307 e. The topological polar surface area (TPSA) is 58.6 Å². The van der Waals surface area contributed by atoms with Crippen LogP contribution in [0.1, 0.15) is 39.5 Å². The van der Waals surface area contributed by atoms with Gasteiger partial charge in [-0.3, -0.25) is 9.59 Å². The first kappa shape index (κ1) is 17.0. The Morgan fingerprint density at radius 2 is 1.95 bits per heavy atom. The maximum atomic E-state index is 12.4. The first-order chi connectivity index (χ1) is 9.52. The Labute approximate surface area is 122 Å². The monoisotopic (exact) mass is 284 g/mol. The molecule has 5 heteroatoms. The van der Waals surface area contributed by atoms with Crippen molar-refractivity contribution in [3.05, 3.63) is 0 Å². The quantitative estimate of drug-likeness (QED) is 0.718. The molecule has 0 aliphatic carbocycles. The molecule has 0 atom stereocenters. The molecule has 1 N–H and O–H groups in total. The van der Waals surface area contributed by atoms with Crippen LogP contribution in [0.2, 0.25) is 0 Å². The highest BCUT2D eigenvalue weighted by atomic mass is 16.5. The number of esters is 1. The third-order valence-corrected chi connectivity index (χ3v) is 3.67. The minimum Gasteiger partial charge on any atom is -0.469 e. The molecule has 5 nitrogen and oxygen atoms in total. The molecule has 0 spiro atoms. The van der Waals surface area contributed by atoms with E-state index in [4.69, 9.17) is 0 Å². The molecule has 1 saturated heterocycles. The fourth-order valence-corrected chi connectivity index (χ4v) is 2.55. The van der Waals surface area contributed by atoms with E-state index in [1.54, 1.807) is 0 Å². The average Bonchev–Trinajstić information content (AvgIpc) is 2.43. The molecular formula is C15H28N2O3. The van der Waals surface area contributed by atoms with E-state index in [0.29, 0.717) is 31.3 Å². The van der Waals surface area contributed by atoms with Crippen molar-refractivity contribution in [3.8, 4) is 0 Å². The van der Waals surface area contributed by atoms with Crippen molar-refractivity contribution in [2.45, 2.75) is 39.5 Å². The van der Waals surface area contributed by atoms with Crippen molar-refractivity contribution < 1.29 is 14.3 Å². The molecule has 1 aliphatic heterocycles. The van der Waals surface area contributed by atoms with Crippen molar-refractivity contribution in [1.29, 1.82) is 0 Å². The van der Waals surface area contributed by atoms with Crippen LogP contribution in [-0.2, 0) is 14.3 Å². The molecule has 1 heterocycles. The van der Waals surface area contributed by atoms with Gasteiger partial charge in [0.25, 0.3) is 0 Å². The number of rotatable bonds is 7. The van der Waals surface area contributed by atoms with Crippen LogP contribution in [0.15, 0.2) is 0 Å². The van der Waals surface area contributed by atoms with E-state index < -0.39 is 0 Å². The zero-order chi connectivity index (χ0) is 15.0. The van der Waals surface area contributed by atoms with Gasteiger partial charge in [0.2, 0.25) is 5.91 Å². The van der Waals surface area contributed by atoms with Gasteiger partial charge in [0.05, 0.1) is 13.5 Å². The van der Waals surface area contributed by atoms with Gasteiger partial charge in [-0.2, -0.15) is 0 Å². The number of amides is 1. The van der Waals surface area contributed by atoms with Crippen LogP contribution in [0.4, 0.5) is 0 Å². The summed E-state index contributed by atoms with van der Waals surface area (Å²) >= 11 is 0. The lowest BCUT2D eigenvalue weighted by atomic mass is 9.94. The number of hydrogen-bond acceptors (Lipinski definition) is 4. The standard InChI is InChI=1S/C15H28N2O3/c1-12(2)11-17(9-6-15(19)20-3)14(18)10-13-4-7-16-8-5-13/h12-13,16H,4-11H2,1-3H3. The van der Waals surface area contributed by atoms with Crippen LogP contribution in [0, 0.1) is 11.8 Å². The summed E-state index contributed by atoms with van der Waals surface area (Å²) in [5.41, 5.74) is 0. The Morgan fingerprint density at radius 1 is 1.30 bits per heavy atom. The molecule has 0 unspecified atom stereocenters. The zero-order valence-electron chi connectivity index (χ0n) is 13.0. The number of ether oxygens (including phenoxy) is 1. The average molecular weight is 284 g/mol.